The standard InChI is InChI=1S/C22H17FN4O/c23-18-9-3-5-15(11-18)13-27-21(25)20(12-24)22(26-27)28-14-17-8-4-7-16-6-1-2-10-19(16)17/h1-11H,13-14,25H2. The Hall–Kier alpha value is -3.85. The minimum absolute atomic E-state index is 0.171. The molecule has 3 aromatic carbocycles. The second-order valence-corrected chi connectivity index (χ2v) is 6.39. The molecule has 2 N–H and O–H groups in total. The maximum Gasteiger partial charge on any atom is 0.253 e. The maximum atomic E-state index is 13.4. The van der Waals surface area contributed by atoms with Gasteiger partial charge in [0.25, 0.3) is 5.88 Å². The Balaban J connectivity index is 1.60. The Morgan fingerprint density at radius 3 is 2.68 bits per heavy atom. The topological polar surface area (TPSA) is 76.9 Å². The van der Waals surface area contributed by atoms with Gasteiger partial charge in [-0.1, -0.05) is 54.6 Å². The summed E-state index contributed by atoms with van der Waals surface area (Å²) in [6, 6.07) is 22.2. The molecular weight excluding hydrogens is 355 g/mol. The average molecular weight is 372 g/mol. The molecule has 0 aliphatic rings. The van der Waals surface area contributed by atoms with E-state index in [2.05, 4.69) is 5.10 Å². The highest BCUT2D eigenvalue weighted by Crippen LogP contribution is 2.26. The van der Waals surface area contributed by atoms with E-state index in [0.717, 1.165) is 16.3 Å². The van der Waals surface area contributed by atoms with Gasteiger partial charge in [-0.25, -0.2) is 9.07 Å². The van der Waals surface area contributed by atoms with Gasteiger partial charge < -0.3 is 10.5 Å². The number of anilines is 1. The number of benzene rings is 3. The highest BCUT2D eigenvalue weighted by Gasteiger charge is 2.17. The molecule has 0 amide bonds. The lowest BCUT2D eigenvalue weighted by molar-refractivity contribution is 0.290. The Morgan fingerprint density at radius 2 is 1.86 bits per heavy atom. The molecule has 138 valence electrons. The number of aromatic nitrogens is 2. The number of hydrogen-bond acceptors (Lipinski definition) is 4. The van der Waals surface area contributed by atoms with Gasteiger partial charge >= 0.3 is 0 Å². The van der Waals surface area contributed by atoms with Crippen LogP contribution >= 0.6 is 0 Å². The van der Waals surface area contributed by atoms with Gasteiger partial charge in [-0.15, -0.1) is 5.10 Å². The van der Waals surface area contributed by atoms with Crippen LogP contribution in [-0.4, -0.2) is 9.78 Å². The van der Waals surface area contributed by atoms with Gasteiger partial charge in [0.15, 0.2) is 5.56 Å². The van der Waals surface area contributed by atoms with Gasteiger partial charge in [0, 0.05) is 0 Å². The van der Waals surface area contributed by atoms with Crippen LogP contribution in [0.2, 0.25) is 0 Å². The molecule has 0 aliphatic heterocycles. The quantitative estimate of drug-likeness (QED) is 0.568. The summed E-state index contributed by atoms with van der Waals surface area (Å²) in [5.74, 6) is 0.0279. The number of nitrogens with zero attached hydrogens (tertiary/aromatic N) is 3. The van der Waals surface area contributed by atoms with Crippen molar-refractivity contribution in [1.29, 1.82) is 5.26 Å². The number of ether oxygens (including phenoxy) is 1. The summed E-state index contributed by atoms with van der Waals surface area (Å²) in [4.78, 5) is 0. The van der Waals surface area contributed by atoms with Crippen molar-refractivity contribution >= 4 is 16.6 Å². The van der Waals surface area contributed by atoms with Crippen molar-refractivity contribution in [3.05, 3.63) is 89.2 Å². The third-order valence-electron chi connectivity index (χ3n) is 4.54. The van der Waals surface area contributed by atoms with Crippen LogP contribution in [0.15, 0.2) is 66.7 Å². The molecule has 0 radical (unpaired) electrons. The summed E-state index contributed by atoms with van der Waals surface area (Å²) < 4.78 is 20.7. The number of rotatable bonds is 5. The average Bonchev–Trinajstić information content (AvgIpc) is 3.00. The second-order valence-electron chi connectivity index (χ2n) is 6.39. The van der Waals surface area contributed by atoms with E-state index in [1.807, 2.05) is 48.5 Å². The van der Waals surface area contributed by atoms with E-state index in [4.69, 9.17) is 10.5 Å². The molecule has 0 saturated heterocycles. The molecule has 0 fully saturated rings. The molecule has 4 aromatic rings. The van der Waals surface area contributed by atoms with Gasteiger partial charge in [-0.05, 0) is 34.0 Å². The van der Waals surface area contributed by atoms with Crippen LogP contribution in [0.4, 0.5) is 10.2 Å². The van der Waals surface area contributed by atoms with Gasteiger partial charge in [-0.2, -0.15) is 5.26 Å². The van der Waals surface area contributed by atoms with Gasteiger partial charge in [-0.3, -0.25) is 0 Å². The SMILES string of the molecule is N#Cc1c(OCc2cccc3ccccc23)nn(Cc2cccc(F)c2)c1N. The third-order valence-corrected chi connectivity index (χ3v) is 4.54. The van der Waals surface area contributed by atoms with E-state index >= 15 is 0 Å². The maximum absolute atomic E-state index is 13.4. The Bertz CT molecular complexity index is 1190. The van der Waals surface area contributed by atoms with Crippen molar-refractivity contribution in [2.24, 2.45) is 0 Å². The monoisotopic (exact) mass is 372 g/mol. The largest absolute Gasteiger partial charge is 0.471 e. The number of nitrogen functional groups attached to an aromatic ring is 1. The summed E-state index contributed by atoms with van der Waals surface area (Å²) in [6.07, 6.45) is 0. The van der Waals surface area contributed by atoms with Crippen molar-refractivity contribution in [2.45, 2.75) is 13.2 Å². The molecule has 5 nitrogen and oxygen atoms in total. The number of fused-ring (bicyclic) bond motifs is 1. The highest BCUT2D eigenvalue weighted by atomic mass is 19.1. The molecule has 4 rings (SSSR count). The molecule has 1 heterocycles. The fourth-order valence-corrected chi connectivity index (χ4v) is 3.15. The smallest absolute Gasteiger partial charge is 0.253 e. The van der Waals surface area contributed by atoms with Crippen LogP contribution in [0.5, 0.6) is 5.88 Å². The first-order chi connectivity index (χ1) is 13.7. The molecule has 0 unspecified atom stereocenters. The lowest BCUT2D eigenvalue weighted by Gasteiger charge is -2.07. The summed E-state index contributed by atoms with van der Waals surface area (Å²) >= 11 is 0. The molecule has 0 aliphatic carbocycles. The molecule has 0 spiro atoms. The molecule has 6 heteroatoms. The summed E-state index contributed by atoms with van der Waals surface area (Å²) in [5.41, 5.74) is 7.92. The second kappa shape index (κ2) is 7.41. The van der Waals surface area contributed by atoms with Crippen LogP contribution in [0.25, 0.3) is 10.8 Å². The minimum Gasteiger partial charge on any atom is -0.471 e. The van der Waals surface area contributed by atoms with E-state index in [1.54, 1.807) is 12.1 Å². The van der Waals surface area contributed by atoms with Crippen LogP contribution < -0.4 is 10.5 Å². The van der Waals surface area contributed by atoms with E-state index in [-0.39, 0.29) is 36.2 Å². The predicted molar refractivity (Wildman–Crippen MR) is 105 cm³/mol. The van der Waals surface area contributed by atoms with E-state index < -0.39 is 0 Å². The third kappa shape index (κ3) is 3.38. The number of halogens is 1. The molecular formula is C22H17FN4O. The summed E-state index contributed by atoms with van der Waals surface area (Å²) in [6.45, 7) is 0.502. The normalized spacial score (nSPS) is 10.7. The van der Waals surface area contributed by atoms with Crippen molar-refractivity contribution < 1.29 is 9.13 Å². The van der Waals surface area contributed by atoms with Crippen LogP contribution in [0.1, 0.15) is 16.7 Å². The first-order valence-electron chi connectivity index (χ1n) is 8.76. The van der Waals surface area contributed by atoms with Crippen molar-refractivity contribution in [2.75, 3.05) is 5.73 Å². The molecule has 0 saturated carbocycles. The highest BCUT2D eigenvalue weighted by molar-refractivity contribution is 5.85. The van der Waals surface area contributed by atoms with Crippen molar-refractivity contribution in [3.8, 4) is 11.9 Å². The van der Waals surface area contributed by atoms with Crippen LogP contribution in [-0.2, 0) is 13.2 Å². The fraction of sp³-hybridized carbons (Fsp3) is 0.0909. The van der Waals surface area contributed by atoms with Crippen molar-refractivity contribution in [3.63, 3.8) is 0 Å². The number of nitriles is 1. The summed E-state index contributed by atoms with van der Waals surface area (Å²) in [5, 5.41) is 16.0. The predicted octanol–water partition coefficient (Wildman–Crippen LogP) is 4.26. The van der Waals surface area contributed by atoms with Gasteiger partial charge in [0.2, 0.25) is 0 Å². The zero-order chi connectivity index (χ0) is 19.5. The van der Waals surface area contributed by atoms with Crippen molar-refractivity contribution in [1.82, 2.24) is 9.78 Å². The van der Waals surface area contributed by atoms with Gasteiger partial charge in [0.1, 0.15) is 24.3 Å². The Labute approximate surface area is 161 Å². The van der Waals surface area contributed by atoms with Gasteiger partial charge in [0.05, 0.1) is 6.54 Å². The Morgan fingerprint density at radius 1 is 1.07 bits per heavy atom. The number of hydrogen-bond donors (Lipinski definition) is 1. The molecule has 1 aromatic heterocycles. The molecule has 28 heavy (non-hydrogen) atoms. The van der Waals surface area contributed by atoms with Crippen LogP contribution in [0.3, 0.4) is 0 Å². The lowest BCUT2D eigenvalue weighted by atomic mass is 10.1. The van der Waals surface area contributed by atoms with E-state index in [9.17, 15) is 9.65 Å². The molecule has 0 atom stereocenters. The zero-order valence-electron chi connectivity index (χ0n) is 15.0. The molecule has 0 bridgehead atoms. The summed E-state index contributed by atoms with van der Waals surface area (Å²) in [7, 11) is 0. The first-order valence-corrected chi connectivity index (χ1v) is 8.76. The lowest BCUT2D eigenvalue weighted by Crippen LogP contribution is -2.06. The van der Waals surface area contributed by atoms with E-state index in [1.165, 1.54) is 16.8 Å². The number of nitrogens with two attached hydrogens (primary N) is 1. The Kier molecular flexibility index (Phi) is 4.65. The minimum atomic E-state index is -0.337. The van der Waals surface area contributed by atoms with Crippen LogP contribution in [0, 0.1) is 17.1 Å². The fourth-order valence-electron chi connectivity index (χ4n) is 3.15. The first kappa shape index (κ1) is 17.6. The van der Waals surface area contributed by atoms with E-state index in [0.29, 0.717) is 5.56 Å². The zero-order valence-corrected chi connectivity index (χ0v) is 15.0.